The second kappa shape index (κ2) is 5.65. The molecule has 0 saturated carbocycles. The zero-order chi connectivity index (χ0) is 15.6. The predicted octanol–water partition coefficient (Wildman–Crippen LogP) is 2.74. The largest absolute Gasteiger partial charge is 0.389 e. The first-order chi connectivity index (χ1) is 9.83. The topological polar surface area (TPSA) is 79.5 Å². The molecule has 21 heavy (non-hydrogen) atoms. The Hall–Kier alpha value is -2.21. The highest BCUT2D eigenvalue weighted by atomic mass is 16.6. The lowest BCUT2D eigenvalue weighted by Gasteiger charge is -2.30. The maximum Gasteiger partial charge on any atom is 0.295 e. The van der Waals surface area contributed by atoms with Gasteiger partial charge in [-0.1, -0.05) is 0 Å². The van der Waals surface area contributed by atoms with Crippen molar-refractivity contribution in [2.45, 2.75) is 26.4 Å². The van der Waals surface area contributed by atoms with Crippen LogP contribution in [-0.4, -0.2) is 33.7 Å². The number of likely N-dealkylation sites (N-methyl/N-ethyl adjacent to an activating group) is 1. The van der Waals surface area contributed by atoms with E-state index in [2.05, 4.69) is 4.98 Å². The minimum Gasteiger partial charge on any atom is -0.389 e. The van der Waals surface area contributed by atoms with Gasteiger partial charge in [0.2, 0.25) is 0 Å². The van der Waals surface area contributed by atoms with E-state index in [1.165, 1.54) is 6.07 Å². The Morgan fingerprint density at radius 3 is 2.67 bits per heavy atom. The first-order valence-corrected chi connectivity index (χ1v) is 6.83. The van der Waals surface area contributed by atoms with Crippen LogP contribution in [0.1, 0.15) is 20.8 Å². The zero-order valence-electron chi connectivity index (χ0n) is 12.4. The molecule has 0 spiro atoms. The molecule has 0 aliphatic rings. The third-order valence-electron chi connectivity index (χ3n) is 3.22. The number of nitro groups is 1. The molecule has 1 aromatic heterocycles. The van der Waals surface area contributed by atoms with Gasteiger partial charge in [0.15, 0.2) is 0 Å². The Bertz CT molecular complexity index is 665. The smallest absolute Gasteiger partial charge is 0.295 e. The molecule has 6 nitrogen and oxygen atoms in total. The minimum absolute atomic E-state index is 0.00587. The van der Waals surface area contributed by atoms with Crippen LogP contribution in [0.5, 0.6) is 0 Å². The standard InChI is InChI=1S/C15H19N3O3/c1-4-17(10-15(2,3)19)12-7-8-13(18(20)21)14-11(12)6-5-9-16-14/h5-9,19H,4,10H2,1-3H3. The lowest BCUT2D eigenvalue weighted by atomic mass is 10.1. The lowest BCUT2D eigenvalue weighted by molar-refractivity contribution is -0.383. The van der Waals surface area contributed by atoms with Crippen molar-refractivity contribution in [3.63, 3.8) is 0 Å². The highest BCUT2D eigenvalue weighted by Crippen LogP contribution is 2.32. The van der Waals surface area contributed by atoms with E-state index < -0.39 is 10.5 Å². The Kier molecular flexibility index (Phi) is 4.09. The summed E-state index contributed by atoms with van der Waals surface area (Å²) in [5.41, 5.74) is 0.350. The summed E-state index contributed by atoms with van der Waals surface area (Å²) in [6.45, 7) is 6.58. The Labute approximate surface area is 123 Å². The zero-order valence-corrected chi connectivity index (χ0v) is 12.4. The van der Waals surface area contributed by atoms with Crippen molar-refractivity contribution in [1.82, 2.24) is 4.98 Å². The number of pyridine rings is 1. The fourth-order valence-electron chi connectivity index (χ4n) is 2.40. The van der Waals surface area contributed by atoms with Gasteiger partial charge >= 0.3 is 0 Å². The van der Waals surface area contributed by atoms with Gasteiger partial charge < -0.3 is 10.0 Å². The van der Waals surface area contributed by atoms with Crippen LogP contribution >= 0.6 is 0 Å². The highest BCUT2D eigenvalue weighted by Gasteiger charge is 2.22. The molecule has 1 heterocycles. The first-order valence-electron chi connectivity index (χ1n) is 6.83. The molecular weight excluding hydrogens is 270 g/mol. The van der Waals surface area contributed by atoms with Crippen molar-refractivity contribution in [3.05, 3.63) is 40.6 Å². The number of anilines is 1. The minimum atomic E-state index is -0.855. The van der Waals surface area contributed by atoms with Crippen LogP contribution in [0.25, 0.3) is 10.9 Å². The van der Waals surface area contributed by atoms with Crippen molar-refractivity contribution >= 4 is 22.3 Å². The van der Waals surface area contributed by atoms with E-state index in [0.29, 0.717) is 18.6 Å². The van der Waals surface area contributed by atoms with Crippen LogP contribution in [0.2, 0.25) is 0 Å². The van der Waals surface area contributed by atoms with Crippen molar-refractivity contribution < 1.29 is 10.0 Å². The fourth-order valence-corrected chi connectivity index (χ4v) is 2.40. The molecule has 0 saturated heterocycles. The second-order valence-corrected chi connectivity index (χ2v) is 5.59. The molecule has 0 atom stereocenters. The van der Waals surface area contributed by atoms with Gasteiger partial charge in [-0.2, -0.15) is 0 Å². The molecule has 2 aromatic rings. The summed E-state index contributed by atoms with van der Waals surface area (Å²) in [5.74, 6) is 0. The Morgan fingerprint density at radius 2 is 2.10 bits per heavy atom. The monoisotopic (exact) mass is 289 g/mol. The molecule has 0 aliphatic heterocycles. The van der Waals surface area contributed by atoms with E-state index in [0.717, 1.165) is 11.1 Å². The van der Waals surface area contributed by atoms with E-state index in [-0.39, 0.29) is 5.69 Å². The van der Waals surface area contributed by atoms with Crippen LogP contribution in [0.4, 0.5) is 11.4 Å². The average Bonchev–Trinajstić information content (AvgIpc) is 2.42. The summed E-state index contributed by atoms with van der Waals surface area (Å²) in [5, 5.41) is 21.9. The van der Waals surface area contributed by atoms with Crippen LogP contribution in [-0.2, 0) is 0 Å². The first kappa shape index (κ1) is 15.2. The summed E-state index contributed by atoms with van der Waals surface area (Å²) < 4.78 is 0. The third-order valence-corrected chi connectivity index (χ3v) is 3.22. The molecule has 1 N–H and O–H groups in total. The Balaban J connectivity index is 2.59. The van der Waals surface area contributed by atoms with Gasteiger partial charge in [0.25, 0.3) is 5.69 Å². The molecule has 6 heteroatoms. The maximum absolute atomic E-state index is 11.1. The summed E-state index contributed by atoms with van der Waals surface area (Å²) >= 11 is 0. The predicted molar refractivity (Wildman–Crippen MR) is 82.6 cm³/mol. The number of benzene rings is 1. The van der Waals surface area contributed by atoms with E-state index >= 15 is 0 Å². The molecular formula is C15H19N3O3. The van der Waals surface area contributed by atoms with Gasteiger partial charge in [-0.3, -0.25) is 10.1 Å². The number of fused-ring (bicyclic) bond motifs is 1. The second-order valence-electron chi connectivity index (χ2n) is 5.59. The Morgan fingerprint density at radius 1 is 1.38 bits per heavy atom. The lowest BCUT2D eigenvalue weighted by Crippen LogP contribution is -2.38. The van der Waals surface area contributed by atoms with E-state index in [1.54, 1.807) is 32.2 Å². The number of nitro benzene ring substituents is 1. The molecule has 112 valence electrons. The highest BCUT2D eigenvalue weighted by molar-refractivity contribution is 5.97. The normalized spacial score (nSPS) is 11.6. The van der Waals surface area contributed by atoms with Crippen molar-refractivity contribution in [2.75, 3.05) is 18.0 Å². The van der Waals surface area contributed by atoms with E-state index in [9.17, 15) is 15.2 Å². The van der Waals surface area contributed by atoms with Crippen LogP contribution in [0.3, 0.4) is 0 Å². The molecule has 0 amide bonds. The van der Waals surface area contributed by atoms with Gasteiger partial charge in [-0.15, -0.1) is 0 Å². The number of aromatic nitrogens is 1. The molecule has 0 aliphatic carbocycles. The molecule has 0 fully saturated rings. The number of aliphatic hydroxyl groups is 1. The molecule has 1 aromatic carbocycles. The van der Waals surface area contributed by atoms with E-state index in [4.69, 9.17) is 0 Å². The number of nitrogens with zero attached hydrogens (tertiary/aromatic N) is 3. The summed E-state index contributed by atoms with van der Waals surface area (Å²) in [7, 11) is 0. The van der Waals surface area contributed by atoms with Crippen LogP contribution < -0.4 is 4.90 Å². The van der Waals surface area contributed by atoms with E-state index in [1.807, 2.05) is 17.9 Å². The molecule has 2 rings (SSSR count). The quantitative estimate of drug-likeness (QED) is 0.676. The summed E-state index contributed by atoms with van der Waals surface area (Å²) in [4.78, 5) is 16.8. The average molecular weight is 289 g/mol. The van der Waals surface area contributed by atoms with Crippen molar-refractivity contribution in [3.8, 4) is 0 Å². The summed E-state index contributed by atoms with van der Waals surface area (Å²) in [6.07, 6.45) is 1.55. The maximum atomic E-state index is 11.1. The van der Waals surface area contributed by atoms with Crippen molar-refractivity contribution in [1.29, 1.82) is 0 Å². The van der Waals surface area contributed by atoms with Gasteiger partial charge in [0.1, 0.15) is 5.52 Å². The van der Waals surface area contributed by atoms with Crippen molar-refractivity contribution in [2.24, 2.45) is 0 Å². The number of hydrogen-bond donors (Lipinski definition) is 1. The van der Waals surface area contributed by atoms with Gasteiger partial charge in [-0.25, -0.2) is 4.98 Å². The van der Waals surface area contributed by atoms with Gasteiger partial charge in [0.05, 0.1) is 10.5 Å². The molecule has 0 bridgehead atoms. The SMILES string of the molecule is CCN(CC(C)(C)O)c1ccc([N+](=O)[O-])c2ncccc12. The van der Waals surface area contributed by atoms with Gasteiger partial charge in [0, 0.05) is 36.4 Å². The van der Waals surface area contributed by atoms with Crippen LogP contribution in [0, 0.1) is 10.1 Å². The molecule has 0 unspecified atom stereocenters. The molecule has 0 radical (unpaired) electrons. The van der Waals surface area contributed by atoms with Gasteiger partial charge in [-0.05, 0) is 39.0 Å². The number of hydrogen-bond acceptors (Lipinski definition) is 5. The number of rotatable bonds is 5. The van der Waals surface area contributed by atoms with Crippen LogP contribution in [0.15, 0.2) is 30.5 Å². The fraction of sp³-hybridized carbons (Fsp3) is 0.400. The summed E-state index contributed by atoms with van der Waals surface area (Å²) in [6, 6.07) is 6.76. The third kappa shape index (κ3) is 3.28. The number of non-ortho nitro benzene ring substituents is 1.